The van der Waals surface area contributed by atoms with Crippen molar-refractivity contribution in [3.8, 4) is 0 Å². The van der Waals surface area contributed by atoms with Gasteiger partial charge in [-0.25, -0.2) is 4.79 Å². The molecule has 0 aliphatic heterocycles. The Bertz CT molecular complexity index is 326. The lowest BCUT2D eigenvalue weighted by atomic mass is 9.85. The molecule has 70 valence electrons. The van der Waals surface area contributed by atoms with E-state index in [-0.39, 0.29) is 11.0 Å². The van der Waals surface area contributed by atoms with Crippen LogP contribution in [0.15, 0.2) is 18.5 Å². The van der Waals surface area contributed by atoms with Crippen LogP contribution in [0.5, 0.6) is 0 Å². The number of pyridine rings is 1. The zero-order valence-electron chi connectivity index (χ0n) is 8.03. The number of nitrogens with zero attached hydrogens (tertiary/aromatic N) is 1. The topological polar surface area (TPSA) is 50.2 Å². The van der Waals surface area contributed by atoms with Gasteiger partial charge in [-0.15, -0.1) is 0 Å². The molecule has 0 spiro atoms. The Balaban J connectivity index is 3.28. The van der Waals surface area contributed by atoms with E-state index >= 15 is 0 Å². The van der Waals surface area contributed by atoms with Gasteiger partial charge >= 0.3 is 5.97 Å². The first-order chi connectivity index (χ1) is 5.93. The summed E-state index contributed by atoms with van der Waals surface area (Å²) in [4.78, 5) is 14.6. The maximum absolute atomic E-state index is 10.8. The first kappa shape index (κ1) is 9.71. The van der Waals surface area contributed by atoms with E-state index in [9.17, 15) is 4.79 Å². The van der Waals surface area contributed by atoms with Crippen molar-refractivity contribution in [2.24, 2.45) is 0 Å². The summed E-state index contributed by atoms with van der Waals surface area (Å²) in [5.41, 5.74) is 0.946. The molecule has 3 heteroatoms. The third-order valence-electron chi connectivity index (χ3n) is 1.86. The Morgan fingerprint density at radius 3 is 2.46 bits per heavy atom. The minimum atomic E-state index is -0.918. The zero-order chi connectivity index (χ0) is 10.1. The van der Waals surface area contributed by atoms with Crippen LogP contribution in [0, 0.1) is 0 Å². The first-order valence-corrected chi connectivity index (χ1v) is 4.10. The molecule has 0 radical (unpaired) electrons. The van der Waals surface area contributed by atoms with Gasteiger partial charge in [-0.3, -0.25) is 4.98 Å². The minimum absolute atomic E-state index is 0.156. The van der Waals surface area contributed by atoms with Gasteiger partial charge in [0.05, 0.1) is 5.56 Å². The van der Waals surface area contributed by atoms with Crippen molar-refractivity contribution in [3.63, 3.8) is 0 Å². The second-order valence-electron chi connectivity index (χ2n) is 3.98. The quantitative estimate of drug-likeness (QED) is 0.718. The van der Waals surface area contributed by atoms with Gasteiger partial charge < -0.3 is 5.11 Å². The first-order valence-electron chi connectivity index (χ1n) is 4.10. The molecule has 0 bridgehead atoms. The number of hydrogen-bond acceptors (Lipinski definition) is 2. The Labute approximate surface area is 77.4 Å². The smallest absolute Gasteiger partial charge is 0.337 e. The van der Waals surface area contributed by atoms with Crippen LogP contribution in [0.4, 0.5) is 0 Å². The van der Waals surface area contributed by atoms with Crippen molar-refractivity contribution >= 4 is 5.97 Å². The second-order valence-corrected chi connectivity index (χ2v) is 3.98. The van der Waals surface area contributed by atoms with Gasteiger partial charge in [-0.2, -0.15) is 0 Å². The van der Waals surface area contributed by atoms with E-state index in [4.69, 9.17) is 5.11 Å². The van der Waals surface area contributed by atoms with E-state index in [2.05, 4.69) is 4.98 Å². The summed E-state index contributed by atoms with van der Waals surface area (Å²) in [7, 11) is 0. The highest BCUT2D eigenvalue weighted by molar-refractivity contribution is 5.89. The van der Waals surface area contributed by atoms with Gasteiger partial charge in [-0.1, -0.05) is 20.8 Å². The molecule has 1 rings (SSSR count). The number of aromatic nitrogens is 1. The van der Waals surface area contributed by atoms with Gasteiger partial charge in [0.1, 0.15) is 0 Å². The molecular weight excluding hydrogens is 166 g/mol. The third kappa shape index (κ3) is 2.05. The Kier molecular flexibility index (Phi) is 2.36. The summed E-state index contributed by atoms with van der Waals surface area (Å²) in [6.45, 7) is 5.94. The van der Waals surface area contributed by atoms with E-state index in [1.54, 1.807) is 12.3 Å². The number of carbonyl (C=O) groups is 1. The predicted octanol–water partition coefficient (Wildman–Crippen LogP) is 2.08. The molecular formula is C10H13NO2. The van der Waals surface area contributed by atoms with Gasteiger partial charge in [0.25, 0.3) is 0 Å². The average Bonchev–Trinajstić information content (AvgIpc) is 2.03. The summed E-state index contributed by atoms with van der Waals surface area (Å²) < 4.78 is 0. The van der Waals surface area contributed by atoms with E-state index in [1.807, 2.05) is 20.8 Å². The molecule has 0 saturated carbocycles. The molecule has 0 fully saturated rings. The molecule has 0 aliphatic rings. The van der Waals surface area contributed by atoms with Crippen molar-refractivity contribution in [2.75, 3.05) is 0 Å². The number of carboxylic acid groups (broad SMARTS) is 1. The van der Waals surface area contributed by atoms with Crippen LogP contribution >= 0.6 is 0 Å². The molecule has 1 N–H and O–H groups in total. The Morgan fingerprint density at radius 1 is 1.46 bits per heavy atom. The van der Waals surface area contributed by atoms with Crippen LogP contribution in [-0.4, -0.2) is 16.1 Å². The van der Waals surface area contributed by atoms with Crippen molar-refractivity contribution in [1.29, 1.82) is 0 Å². The van der Waals surface area contributed by atoms with Crippen molar-refractivity contribution in [1.82, 2.24) is 4.98 Å². The van der Waals surface area contributed by atoms with Crippen LogP contribution in [-0.2, 0) is 5.41 Å². The highest BCUT2D eigenvalue weighted by Gasteiger charge is 2.20. The van der Waals surface area contributed by atoms with Crippen molar-refractivity contribution in [2.45, 2.75) is 26.2 Å². The highest BCUT2D eigenvalue weighted by Crippen LogP contribution is 2.24. The molecule has 0 aliphatic carbocycles. The maximum Gasteiger partial charge on any atom is 0.337 e. The van der Waals surface area contributed by atoms with Gasteiger partial charge in [0.2, 0.25) is 0 Å². The van der Waals surface area contributed by atoms with Crippen molar-refractivity contribution in [3.05, 3.63) is 29.6 Å². The summed E-state index contributed by atoms with van der Waals surface area (Å²) in [6.07, 6.45) is 3.01. The van der Waals surface area contributed by atoms with Crippen LogP contribution in [0.1, 0.15) is 36.7 Å². The van der Waals surface area contributed by atoms with Crippen LogP contribution in [0.3, 0.4) is 0 Å². The predicted molar refractivity (Wildman–Crippen MR) is 49.9 cm³/mol. The number of rotatable bonds is 1. The molecule has 0 saturated heterocycles. The minimum Gasteiger partial charge on any atom is -0.478 e. The Hall–Kier alpha value is -1.38. The summed E-state index contributed by atoms with van der Waals surface area (Å²) in [5.74, 6) is -0.918. The second kappa shape index (κ2) is 3.17. The summed E-state index contributed by atoms with van der Waals surface area (Å²) in [5, 5.41) is 8.89. The molecule has 0 unspecified atom stereocenters. The van der Waals surface area contributed by atoms with E-state index in [1.165, 1.54) is 6.20 Å². The highest BCUT2D eigenvalue weighted by atomic mass is 16.4. The molecule has 1 aromatic rings. The van der Waals surface area contributed by atoms with Gasteiger partial charge in [-0.05, 0) is 17.0 Å². The average molecular weight is 179 g/mol. The lowest BCUT2D eigenvalue weighted by Gasteiger charge is -2.20. The van der Waals surface area contributed by atoms with E-state index in [0.717, 1.165) is 5.56 Å². The monoisotopic (exact) mass is 179 g/mol. The molecule has 1 heterocycles. The van der Waals surface area contributed by atoms with Gasteiger partial charge in [0.15, 0.2) is 0 Å². The summed E-state index contributed by atoms with van der Waals surface area (Å²) in [6, 6.07) is 1.75. The molecule has 3 nitrogen and oxygen atoms in total. The molecule has 1 aromatic heterocycles. The zero-order valence-corrected chi connectivity index (χ0v) is 8.03. The molecule has 0 amide bonds. The van der Waals surface area contributed by atoms with Crippen LogP contribution in [0.25, 0.3) is 0 Å². The van der Waals surface area contributed by atoms with Crippen molar-refractivity contribution < 1.29 is 9.90 Å². The molecule has 0 aromatic carbocycles. The fourth-order valence-corrected chi connectivity index (χ4v) is 1.22. The number of carboxylic acids is 1. The molecule has 0 atom stereocenters. The lowest BCUT2D eigenvalue weighted by Crippen LogP contribution is -2.16. The molecule has 13 heavy (non-hydrogen) atoms. The maximum atomic E-state index is 10.8. The number of hydrogen-bond donors (Lipinski definition) is 1. The van der Waals surface area contributed by atoms with E-state index < -0.39 is 5.97 Å². The largest absolute Gasteiger partial charge is 0.478 e. The number of aromatic carboxylic acids is 1. The van der Waals surface area contributed by atoms with Crippen LogP contribution < -0.4 is 0 Å². The van der Waals surface area contributed by atoms with E-state index in [0.29, 0.717) is 0 Å². The third-order valence-corrected chi connectivity index (χ3v) is 1.86. The Morgan fingerprint density at radius 2 is 2.08 bits per heavy atom. The SMILES string of the molecule is CC(C)(C)c1ccncc1C(=O)O. The lowest BCUT2D eigenvalue weighted by molar-refractivity contribution is 0.0693. The van der Waals surface area contributed by atoms with Crippen LogP contribution in [0.2, 0.25) is 0 Å². The fourth-order valence-electron chi connectivity index (χ4n) is 1.22. The fraction of sp³-hybridized carbons (Fsp3) is 0.400. The normalized spacial score (nSPS) is 11.3. The van der Waals surface area contributed by atoms with Gasteiger partial charge in [0, 0.05) is 12.4 Å². The summed E-state index contributed by atoms with van der Waals surface area (Å²) >= 11 is 0. The standard InChI is InChI=1S/C10H13NO2/c1-10(2,3)8-4-5-11-6-7(8)9(12)13/h4-6H,1-3H3,(H,12,13).